The van der Waals surface area contributed by atoms with Crippen molar-refractivity contribution in [1.82, 2.24) is 14.8 Å². The molecule has 0 saturated carbocycles. The van der Waals surface area contributed by atoms with E-state index in [-0.39, 0.29) is 11.7 Å². The number of rotatable bonds is 5. The number of carbonyl (C=O) groups is 1. The van der Waals surface area contributed by atoms with Gasteiger partial charge in [0, 0.05) is 11.5 Å². The van der Waals surface area contributed by atoms with Gasteiger partial charge in [0.1, 0.15) is 22.7 Å². The number of aryl methyl sites for hydroxylation is 1. The molecule has 0 radical (unpaired) electrons. The van der Waals surface area contributed by atoms with E-state index >= 15 is 0 Å². The number of carbonyl (C=O) groups excluding carboxylic acids is 1. The zero-order valence-electron chi connectivity index (χ0n) is 16.4. The molecule has 30 heavy (non-hydrogen) atoms. The molecule has 0 aliphatic carbocycles. The van der Waals surface area contributed by atoms with Crippen LogP contribution in [0.3, 0.4) is 0 Å². The van der Waals surface area contributed by atoms with Gasteiger partial charge in [-0.25, -0.2) is 4.98 Å². The van der Waals surface area contributed by atoms with Crippen LogP contribution in [-0.2, 0) is 0 Å². The SMILES string of the molecule is CCOc1cccc2sc(-n3nc(C)cc3NC(=O)c3cc4ccccc4o3)nc12. The number of hydrogen-bond acceptors (Lipinski definition) is 6. The number of benzene rings is 2. The van der Waals surface area contributed by atoms with E-state index in [9.17, 15) is 4.79 Å². The Bertz CT molecular complexity index is 1350. The number of furan rings is 1. The van der Waals surface area contributed by atoms with Crippen LogP contribution < -0.4 is 10.1 Å². The highest BCUT2D eigenvalue weighted by atomic mass is 32.1. The van der Waals surface area contributed by atoms with Gasteiger partial charge in [0.2, 0.25) is 5.13 Å². The largest absolute Gasteiger partial charge is 0.492 e. The third-order valence-corrected chi connectivity index (χ3v) is 5.57. The summed E-state index contributed by atoms with van der Waals surface area (Å²) in [6, 6.07) is 16.9. The van der Waals surface area contributed by atoms with Crippen LogP contribution in [-0.4, -0.2) is 27.3 Å². The molecule has 0 bridgehead atoms. The molecular weight excluding hydrogens is 400 g/mol. The molecule has 1 amide bonds. The van der Waals surface area contributed by atoms with E-state index in [2.05, 4.69) is 10.4 Å². The molecule has 0 unspecified atom stereocenters. The van der Waals surface area contributed by atoms with Gasteiger partial charge >= 0.3 is 0 Å². The second-order valence-corrected chi connectivity index (χ2v) is 7.73. The smallest absolute Gasteiger partial charge is 0.292 e. The van der Waals surface area contributed by atoms with Gasteiger partial charge in [0.05, 0.1) is 17.0 Å². The molecule has 0 aliphatic rings. The molecule has 0 aliphatic heterocycles. The number of anilines is 1. The Morgan fingerprint density at radius 1 is 1.20 bits per heavy atom. The number of thiazole rings is 1. The topological polar surface area (TPSA) is 82.2 Å². The number of hydrogen-bond donors (Lipinski definition) is 1. The van der Waals surface area contributed by atoms with Crippen molar-refractivity contribution >= 4 is 44.2 Å². The van der Waals surface area contributed by atoms with Gasteiger partial charge in [-0.3, -0.25) is 4.79 Å². The first kappa shape index (κ1) is 18.4. The minimum absolute atomic E-state index is 0.240. The van der Waals surface area contributed by atoms with Crippen molar-refractivity contribution < 1.29 is 13.9 Å². The van der Waals surface area contributed by atoms with Crippen molar-refractivity contribution in [2.75, 3.05) is 11.9 Å². The zero-order valence-corrected chi connectivity index (χ0v) is 17.2. The van der Waals surface area contributed by atoms with Crippen molar-refractivity contribution in [3.63, 3.8) is 0 Å². The van der Waals surface area contributed by atoms with Crippen LogP contribution in [0.4, 0.5) is 5.82 Å². The monoisotopic (exact) mass is 418 g/mol. The second kappa shape index (κ2) is 7.31. The Kier molecular flexibility index (Phi) is 4.48. The fourth-order valence-corrected chi connectivity index (χ4v) is 4.23. The highest BCUT2D eigenvalue weighted by molar-refractivity contribution is 7.20. The lowest BCUT2D eigenvalue weighted by Gasteiger charge is -2.05. The summed E-state index contributed by atoms with van der Waals surface area (Å²) in [5, 5.41) is 8.93. The third kappa shape index (κ3) is 3.21. The number of fused-ring (bicyclic) bond motifs is 2. The number of ether oxygens (including phenoxy) is 1. The lowest BCUT2D eigenvalue weighted by Crippen LogP contribution is -2.14. The van der Waals surface area contributed by atoms with Gasteiger partial charge in [0.25, 0.3) is 5.91 Å². The average Bonchev–Trinajstić information content (AvgIpc) is 3.44. The van der Waals surface area contributed by atoms with Crippen LogP contribution in [0.15, 0.2) is 59.0 Å². The maximum absolute atomic E-state index is 12.8. The number of nitrogens with zero attached hydrogens (tertiary/aromatic N) is 3. The lowest BCUT2D eigenvalue weighted by atomic mass is 10.2. The first-order valence-electron chi connectivity index (χ1n) is 9.51. The standard InChI is InChI=1S/C22H18N4O3S/c1-3-28-16-9-6-10-18-20(16)24-22(30-18)26-19(11-13(2)25-26)23-21(27)17-12-14-7-4-5-8-15(14)29-17/h4-12H,3H2,1-2H3,(H,23,27). The molecule has 3 aromatic heterocycles. The molecule has 150 valence electrons. The molecule has 8 heteroatoms. The van der Waals surface area contributed by atoms with E-state index in [4.69, 9.17) is 14.1 Å². The molecule has 0 spiro atoms. The van der Waals surface area contributed by atoms with Gasteiger partial charge in [-0.05, 0) is 38.1 Å². The van der Waals surface area contributed by atoms with E-state index in [0.29, 0.717) is 23.1 Å². The van der Waals surface area contributed by atoms with Crippen molar-refractivity contribution in [1.29, 1.82) is 0 Å². The lowest BCUT2D eigenvalue weighted by molar-refractivity contribution is 0.0998. The van der Waals surface area contributed by atoms with Crippen LogP contribution in [0.2, 0.25) is 0 Å². The highest BCUT2D eigenvalue weighted by Crippen LogP contribution is 2.33. The summed E-state index contributed by atoms with van der Waals surface area (Å²) in [7, 11) is 0. The number of nitrogens with one attached hydrogen (secondary N) is 1. The first-order chi connectivity index (χ1) is 14.6. The van der Waals surface area contributed by atoms with E-state index in [1.54, 1.807) is 16.8 Å². The minimum atomic E-state index is -0.344. The summed E-state index contributed by atoms with van der Waals surface area (Å²) in [4.78, 5) is 17.5. The van der Waals surface area contributed by atoms with Crippen LogP contribution in [0.5, 0.6) is 5.75 Å². The summed E-state index contributed by atoms with van der Waals surface area (Å²) >= 11 is 1.48. The van der Waals surface area contributed by atoms with E-state index < -0.39 is 0 Å². The van der Waals surface area contributed by atoms with Gasteiger partial charge in [-0.15, -0.1) is 0 Å². The van der Waals surface area contributed by atoms with Gasteiger partial charge in [-0.1, -0.05) is 35.6 Å². The predicted molar refractivity (Wildman–Crippen MR) is 117 cm³/mol. The van der Waals surface area contributed by atoms with Crippen molar-refractivity contribution in [2.24, 2.45) is 0 Å². The fraction of sp³-hybridized carbons (Fsp3) is 0.136. The van der Waals surface area contributed by atoms with E-state index in [1.807, 2.05) is 56.3 Å². The molecule has 1 N–H and O–H groups in total. The molecule has 5 aromatic rings. The predicted octanol–water partition coefficient (Wildman–Crippen LogP) is 5.19. The molecule has 0 fully saturated rings. The van der Waals surface area contributed by atoms with Crippen LogP contribution in [0.25, 0.3) is 26.3 Å². The summed E-state index contributed by atoms with van der Waals surface area (Å²) in [5.74, 6) is 1.15. The van der Waals surface area contributed by atoms with Gasteiger partial charge in [-0.2, -0.15) is 9.78 Å². The number of aromatic nitrogens is 3. The molecule has 0 saturated heterocycles. The van der Waals surface area contributed by atoms with Gasteiger partial charge < -0.3 is 14.5 Å². The Hall–Kier alpha value is -3.65. The summed E-state index contributed by atoms with van der Waals surface area (Å²) in [6.45, 7) is 4.37. The molecule has 2 aromatic carbocycles. The molecule has 3 heterocycles. The maximum Gasteiger partial charge on any atom is 0.292 e. The van der Waals surface area contributed by atoms with Crippen molar-refractivity contribution in [3.8, 4) is 10.9 Å². The second-order valence-electron chi connectivity index (χ2n) is 6.72. The van der Waals surface area contributed by atoms with Crippen LogP contribution in [0.1, 0.15) is 23.2 Å². The highest BCUT2D eigenvalue weighted by Gasteiger charge is 2.18. The van der Waals surface area contributed by atoms with Crippen molar-refractivity contribution in [3.05, 3.63) is 66.1 Å². The normalized spacial score (nSPS) is 11.3. The molecular formula is C22H18N4O3S. The van der Waals surface area contributed by atoms with Crippen molar-refractivity contribution in [2.45, 2.75) is 13.8 Å². The summed E-state index contributed by atoms with van der Waals surface area (Å²) in [5.41, 5.74) is 2.21. The Morgan fingerprint density at radius 3 is 2.90 bits per heavy atom. The van der Waals surface area contributed by atoms with Crippen LogP contribution >= 0.6 is 11.3 Å². The average molecular weight is 418 g/mol. The fourth-order valence-electron chi connectivity index (χ4n) is 3.28. The molecule has 5 rings (SSSR count). The van der Waals surface area contributed by atoms with E-state index in [1.165, 1.54) is 11.3 Å². The third-order valence-electron chi connectivity index (χ3n) is 4.57. The number of para-hydroxylation sites is 2. The minimum Gasteiger partial charge on any atom is -0.492 e. The summed E-state index contributed by atoms with van der Waals surface area (Å²) in [6.07, 6.45) is 0. The Morgan fingerprint density at radius 2 is 2.07 bits per heavy atom. The maximum atomic E-state index is 12.8. The molecule has 7 nitrogen and oxygen atoms in total. The quantitative estimate of drug-likeness (QED) is 0.425. The Balaban J connectivity index is 1.50. The first-order valence-corrected chi connectivity index (χ1v) is 10.3. The zero-order chi connectivity index (χ0) is 20.7. The molecule has 0 atom stereocenters. The van der Waals surface area contributed by atoms with Gasteiger partial charge in [0.15, 0.2) is 5.76 Å². The van der Waals surface area contributed by atoms with E-state index in [0.717, 1.165) is 27.0 Å². The Labute approximate surface area is 175 Å². The summed E-state index contributed by atoms with van der Waals surface area (Å²) < 4.78 is 14.0. The van der Waals surface area contributed by atoms with Crippen LogP contribution in [0, 0.1) is 6.92 Å². The number of amides is 1.